The SMILES string of the molecule is Cc1nn2cccnc2c1C(=O)NCc1ccc(S(=O)(=O)N2CCOCC2)cc1. The summed E-state index contributed by atoms with van der Waals surface area (Å²) in [6.45, 7) is 3.54. The molecule has 1 aliphatic heterocycles. The van der Waals surface area contributed by atoms with Gasteiger partial charge in [0, 0.05) is 32.0 Å². The molecule has 0 saturated carbocycles. The molecule has 3 aromatic rings. The molecule has 9 nitrogen and oxygen atoms in total. The Labute approximate surface area is 168 Å². The highest BCUT2D eigenvalue weighted by Gasteiger charge is 2.26. The summed E-state index contributed by atoms with van der Waals surface area (Å²) in [4.78, 5) is 17.1. The maximum atomic E-state index is 12.7. The molecule has 0 unspecified atom stereocenters. The molecule has 152 valence electrons. The van der Waals surface area contributed by atoms with Crippen LogP contribution >= 0.6 is 0 Å². The van der Waals surface area contributed by atoms with Gasteiger partial charge in [-0.25, -0.2) is 17.9 Å². The molecule has 0 bridgehead atoms. The smallest absolute Gasteiger partial charge is 0.257 e. The molecule has 0 atom stereocenters. The van der Waals surface area contributed by atoms with Crippen LogP contribution in [0.5, 0.6) is 0 Å². The first-order valence-electron chi connectivity index (χ1n) is 9.22. The molecule has 1 fully saturated rings. The first kappa shape index (κ1) is 19.5. The molecule has 2 aromatic heterocycles. The zero-order chi connectivity index (χ0) is 20.4. The van der Waals surface area contributed by atoms with Gasteiger partial charge >= 0.3 is 0 Å². The van der Waals surface area contributed by atoms with Gasteiger partial charge in [-0.1, -0.05) is 12.1 Å². The zero-order valence-corrected chi connectivity index (χ0v) is 16.7. The Morgan fingerprint density at radius 1 is 1.21 bits per heavy atom. The number of nitrogens with one attached hydrogen (secondary N) is 1. The fourth-order valence-electron chi connectivity index (χ4n) is 3.25. The molecule has 10 heteroatoms. The number of amides is 1. The van der Waals surface area contributed by atoms with E-state index in [4.69, 9.17) is 4.74 Å². The Bertz CT molecular complexity index is 1140. The molecular weight excluding hydrogens is 394 g/mol. The van der Waals surface area contributed by atoms with E-state index in [0.29, 0.717) is 43.2 Å². The van der Waals surface area contributed by atoms with Crippen molar-refractivity contribution in [1.29, 1.82) is 0 Å². The van der Waals surface area contributed by atoms with Crippen LogP contribution in [0, 0.1) is 6.92 Å². The summed E-state index contributed by atoms with van der Waals surface area (Å²) in [5.74, 6) is -0.277. The Morgan fingerprint density at radius 3 is 2.66 bits per heavy atom. The van der Waals surface area contributed by atoms with E-state index in [1.807, 2.05) is 0 Å². The predicted octanol–water partition coefficient (Wildman–Crippen LogP) is 0.989. The highest BCUT2D eigenvalue weighted by Crippen LogP contribution is 2.18. The average molecular weight is 415 g/mol. The molecule has 29 heavy (non-hydrogen) atoms. The minimum Gasteiger partial charge on any atom is -0.379 e. The van der Waals surface area contributed by atoms with Crippen molar-refractivity contribution in [3.8, 4) is 0 Å². The van der Waals surface area contributed by atoms with Gasteiger partial charge in [0.2, 0.25) is 10.0 Å². The van der Waals surface area contributed by atoms with Crippen LogP contribution in [-0.2, 0) is 21.3 Å². The second kappa shape index (κ2) is 7.90. The molecule has 1 aromatic carbocycles. The Kier molecular flexibility index (Phi) is 5.31. The van der Waals surface area contributed by atoms with Crippen molar-refractivity contribution in [2.45, 2.75) is 18.4 Å². The Balaban J connectivity index is 1.45. The quantitative estimate of drug-likeness (QED) is 0.666. The first-order valence-corrected chi connectivity index (χ1v) is 10.7. The standard InChI is InChI=1S/C19H21N5O4S/c1-14-17(18-20-7-2-8-24(18)22-14)19(25)21-13-15-3-5-16(6-4-15)29(26,27)23-9-11-28-12-10-23/h2-8H,9-13H2,1H3,(H,21,25). The van der Waals surface area contributed by atoms with Gasteiger partial charge in [-0.2, -0.15) is 9.40 Å². The minimum absolute atomic E-state index is 0.233. The lowest BCUT2D eigenvalue weighted by molar-refractivity contribution is 0.0730. The van der Waals surface area contributed by atoms with E-state index in [0.717, 1.165) is 5.56 Å². The summed E-state index contributed by atoms with van der Waals surface area (Å²) in [6.07, 6.45) is 3.35. The van der Waals surface area contributed by atoms with Gasteiger partial charge in [0.05, 0.1) is 23.8 Å². The van der Waals surface area contributed by atoms with Gasteiger partial charge in [0.15, 0.2) is 5.65 Å². The van der Waals surface area contributed by atoms with Crippen LogP contribution in [0.3, 0.4) is 0 Å². The summed E-state index contributed by atoms with van der Waals surface area (Å²) < 4.78 is 33.5. The van der Waals surface area contributed by atoms with Crippen molar-refractivity contribution in [1.82, 2.24) is 24.2 Å². The number of sulfonamides is 1. The predicted molar refractivity (Wildman–Crippen MR) is 105 cm³/mol. The molecule has 0 spiro atoms. The third-order valence-electron chi connectivity index (χ3n) is 4.78. The number of rotatable bonds is 5. The van der Waals surface area contributed by atoms with Crippen molar-refractivity contribution in [2.75, 3.05) is 26.3 Å². The fourth-order valence-corrected chi connectivity index (χ4v) is 4.66. The summed E-state index contributed by atoms with van der Waals surface area (Å²) in [5.41, 5.74) is 2.31. The molecule has 3 heterocycles. The van der Waals surface area contributed by atoms with Gasteiger partial charge in [-0.15, -0.1) is 0 Å². The lowest BCUT2D eigenvalue weighted by atomic mass is 10.2. The molecule has 1 aliphatic rings. The van der Waals surface area contributed by atoms with Crippen LogP contribution in [0.4, 0.5) is 0 Å². The number of nitrogens with zero attached hydrogens (tertiary/aromatic N) is 4. The molecule has 4 rings (SSSR count). The number of morpholine rings is 1. The van der Waals surface area contributed by atoms with Crippen LogP contribution in [0.25, 0.3) is 5.65 Å². The number of aromatic nitrogens is 3. The van der Waals surface area contributed by atoms with Crippen molar-refractivity contribution in [2.24, 2.45) is 0 Å². The summed E-state index contributed by atoms with van der Waals surface area (Å²) in [7, 11) is -3.53. The van der Waals surface area contributed by atoms with Crippen LogP contribution in [0.2, 0.25) is 0 Å². The lowest BCUT2D eigenvalue weighted by Gasteiger charge is -2.26. The third kappa shape index (κ3) is 3.86. The van der Waals surface area contributed by atoms with Crippen LogP contribution in [0.1, 0.15) is 21.6 Å². The average Bonchev–Trinajstić information content (AvgIpc) is 3.08. The van der Waals surface area contributed by atoms with E-state index >= 15 is 0 Å². The van der Waals surface area contributed by atoms with Crippen molar-refractivity contribution in [3.05, 3.63) is 59.5 Å². The van der Waals surface area contributed by atoms with Crippen molar-refractivity contribution in [3.63, 3.8) is 0 Å². The summed E-state index contributed by atoms with van der Waals surface area (Å²) >= 11 is 0. The number of fused-ring (bicyclic) bond motifs is 1. The highest BCUT2D eigenvalue weighted by molar-refractivity contribution is 7.89. The molecular formula is C19H21N5O4S. The second-order valence-electron chi connectivity index (χ2n) is 6.69. The van der Waals surface area contributed by atoms with E-state index in [-0.39, 0.29) is 17.3 Å². The maximum Gasteiger partial charge on any atom is 0.257 e. The second-order valence-corrected chi connectivity index (χ2v) is 8.63. The summed E-state index contributed by atoms with van der Waals surface area (Å²) in [5, 5.41) is 7.13. The summed E-state index contributed by atoms with van der Waals surface area (Å²) in [6, 6.07) is 8.28. The van der Waals surface area contributed by atoms with Crippen LogP contribution in [0.15, 0.2) is 47.6 Å². The van der Waals surface area contributed by atoms with Gasteiger partial charge in [0.25, 0.3) is 5.91 Å². The monoisotopic (exact) mass is 415 g/mol. The Morgan fingerprint density at radius 2 is 1.93 bits per heavy atom. The molecule has 1 amide bonds. The van der Waals surface area contributed by atoms with E-state index in [2.05, 4.69) is 15.4 Å². The number of ether oxygens (including phenoxy) is 1. The number of carbonyl (C=O) groups excluding carboxylic acids is 1. The largest absolute Gasteiger partial charge is 0.379 e. The molecule has 0 radical (unpaired) electrons. The highest BCUT2D eigenvalue weighted by atomic mass is 32.2. The number of hydrogen-bond acceptors (Lipinski definition) is 6. The van der Waals surface area contributed by atoms with Gasteiger partial charge in [-0.05, 0) is 30.7 Å². The third-order valence-corrected chi connectivity index (χ3v) is 6.69. The van der Waals surface area contributed by atoms with Gasteiger partial charge in [0.1, 0.15) is 5.56 Å². The molecule has 1 saturated heterocycles. The normalized spacial score (nSPS) is 15.5. The van der Waals surface area contributed by atoms with E-state index in [1.165, 1.54) is 4.31 Å². The Hall–Kier alpha value is -2.82. The number of carbonyl (C=O) groups is 1. The van der Waals surface area contributed by atoms with Crippen molar-refractivity contribution < 1.29 is 17.9 Å². The van der Waals surface area contributed by atoms with Gasteiger partial charge < -0.3 is 10.1 Å². The first-order chi connectivity index (χ1) is 14.0. The number of aryl methyl sites for hydroxylation is 1. The fraction of sp³-hybridized carbons (Fsp3) is 0.316. The number of hydrogen-bond donors (Lipinski definition) is 1. The molecule has 0 aliphatic carbocycles. The zero-order valence-electron chi connectivity index (χ0n) is 15.9. The number of benzene rings is 1. The minimum atomic E-state index is -3.53. The van der Waals surface area contributed by atoms with E-state index in [1.54, 1.807) is 54.2 Å². The van der Waals surface area contributed by atoms with E-state index < -0.39 is 10.0 Å². The topological polar surface area (TPSA) is 106 Å². The maximum absolute atomic E-state index is 12.7. The van der Waals surface area contributed by atoms with E-state index in [9.17, 15) is 13.2 Å². The van der Waals surface area contributed by atoms with Crippen LogP contribution < -0.4 is 5.32 Å². The van der Waals surface area contributed by atoms with Crippen LogP contribution in [-0.4, -0.2) is 59.5 Å². The van der Waals surface area contributed by atoms with Gasteiger partial charge in [-0.3, -0.25) is 4.79 Å². The lowest BCUT2D eigenvalue weighted by Crippen LogP contribution is -2.40. The van der Waals surface area contributed by atoms with Crippen molar-refractivity contribution >= 4 is 21.6 Å². The molecule has 1 N–H and O–H groups in total.